The second-order valence-corrected chi connectivity index (χ2v) is 6.42. The zero-order valence-corrected chi connectivity index (χ0v) is 23.4. The number of hydrogen-bond donors (Lipinski definition) is 9. The predicted octanol–water partition coefficient (Wildman–Crippen LogP) is -1.48. The summed E-state index contributed by atoms with van der Waals surface area (Å²) in [6.45, 7) is 3.79. The van der Waals surface area contributed by atoms with Crippen LogP contribution in [0.25, 0.3) is 0 Å². The topological polar surface area (TPSA) is 199 Å². The molecule has 3 unspecified atom stereocenters. The van der Waals surface area contributed by atoms with Crippen molar-refractivity contribution >= 4 is 73.5 Å². The molecule has 0 fully saturated rings. The third-order valence-electron chi connectivity index (χ3n) is 2.57. The third-order valence-corrected chi connectivity index (χ3v) is 3.67. The second-order valence-electron chi connectivity index (χ2n) is 5.32. The van der Waals surface area contributed by atoms with Crippen LogP contribution in [0.3, 0.4) is 0 Å². The van der Waals surface area contributed by atoms with Gasteiger partial charge in [0.15, 0.2) is 0 Å². The van der Waals surface area contributed by atoms with Crippen molar-refractivity contribution in [1.29, 1.82) is 0 Å². The molecule has 31 heavy (non-hydrogen) atoms. The molecule has 6 N–H and O–H groups in total. The minimum absolute atomic E-state index is 0. The fourth-order valence-corrected chi connectivity index (χ4v) is 2.03. The fourth-order valence-electron chi connectivity index (χ4n) is 1.29. The minimum atomic E-state index is -1.06. The van der Waals surface area contributed by atoms with Gasteiger partial charge in [-0.2, -0.15) is 37.9 Å². The van der Waals surface area contributed by atoms with Crippen LogP contribution in [0, 0.1) is 35.6 Å². The molecule has 0 aromatic heterocycles. The molecule has 3 atom stereocenters. The zero-order chi connectivity index (χ0) is 24.4. The SMILES string of the molecule is CC(=O)NC(CS)C(=O)O.CC(=O)NC(CS)C(=O)O.CC(=O)NC(CS)C(=O)O.[La]. The molecule has 0 aromatic carbocycles. The molecule has 1 radical (unpaired) electrons. The van der Waals surface area contributed by atoms with E-state index in [4.69, 9.17) is 15.3 Å². The number of carbonyl (C=O) groups is 6. The Morgan fingerprint density at radius 2 is 0.742 bits per heavy atom. The Morgan fingerprint density at radius 1 is 0.581 bits per heavy atom. The van der Waals surface area contributed by atoms with E-state index >= 15 is 0 Å². The maximum Gasteiger partial charge on any atom is 0.327 e. The minimum Gasteiger partial charge on any atom is -0.480 e. The van der Waals surface area contributed by atoms with Crippen molar-refractivity contribution in [3.63, 3.8) is 0 Å². The fraction of sp³-hybridized carbons (Fsp3) is 0.600. The van der Waals surface area contributed by atoms with E-state index in [9.17, 15) is 28.8 Å². The molecule has 0 aliphatic heterocycles. The van der Waals surface area contributed by atoms with Crippen LogP contribution in [0.1, 0.15) is 20.8 Å². The summed E-state index contributed by atoms with van der Waals surface area (Å²) in [6.07, 6.45) is 0. The summed E-state index contributed by atoms with van der Waals surface area (Å²) < 4.78 is 0. The van der Waals surface area contributed by atoms with Crippen molar-refractivity contribution in [2.75, 3.05) is 17.3 Å². The Bertz CT molecular complexity index is 531. The number of thiol groups is 3. The van der Waals surface area contributed by atoms with E-state index in [0.717, 1.165) is 0 Å². The van der Waals surface area contributed by atoms with E-state index in [1.54, 1.807) is 0 Å². The molecule has 0 saturated heterocycles. The molecule has 177 valence electrons. The molecule has 0 saturated carbocycles. The number of rotatable bonds is 9. The third kappa shape index (κ3) is 25.2. The summed E-state index contributed by atoms with van der Waals surface area (Å²) in [5, 5.41) is 31.7. The summed E-state index contributed by atoms with van der Waals surface area (Å²) in [5.74, 6) is -3.95. The summed E-state index contributed by atoms with van der Waals surface area (Å²) in [6, 6.07) is -2.62. The summed E-state index contributed by atoms with van der Waals surface area (Å²) in [7, 11) is 0. The first kappa shape index (κ1) is 37.4. The average molecular weight is 629 g/mol. The van der Waals surface area contributed by atoms with Crippen LogP contribution in [0.15, 0.2) is 0 Å². The molecule has 0 aliphatic rings. The molecule has 12 nitrogen and oxygen atoms in total. The summed E-state index contributed by atoms with van der Waals surface area (Å²) in [4.78, 5) is 61.5. The Hall–Kier alpha value is -0.935. The molecule has 0 aliphatic carbocycles. The Morgan fingerprint density at radius 3 is 0.774 bits per heavy atom. The van der Waals surface area contributed by atoms with Gasteiger partial charge in [-0.15, -0.1) is 0 Å². The van der Waals surface area contributed by atoms with Crippen LogP contribution >= 0.6 is 37.9 Å². The van der Waals surface area contributed by atoms with Crippen molar-refractivity contribution in [2.45, 2.75) is 38.9 Å². The predicted molar refractivity (Wildman–Crippen MR) is 117 cm³/mol. The molecule has 16 heteroatoms. The average Bonchev–Trinajstić information content (AvgIpc) is 2.61. The first-order valence-corrected chi connectivity index (χ1v) is 9.95. The smallest absolute Gasteiger partial charge is 0.327 e. The maximum atomic E-state index is 10.3. The molecule has 0 spiro atoms. The van der Waals surface area contributed by atoms with E-state index in [2.05, 4.69) is 53.8 Å². The van der Waals surface area contributed by atoms with E-state index in [0.29, 0.717) is 0 Å². The Balaban J connectivity index is -0.000000174. The van der Waals surface area contributed by atoms with Crippen LogP contribution in [-0.4, -0.2) is 86.3 Å². The van der Waals surface area contributed by atoms with Gasteiger partial charge >= 0.3 is 17.9 Å². The molecular formula is C15H27LaN3O9S3. The van der Waals surface area contributed by atoms with Crippen molar-refractivity contribution in [3.8, 4) is 0 Å². The van der Waals surface area contributed by atoms with Crippen molar-refractivity contribution in [3.05, 3.63) is 0 Å². The number of carboxylic acids is 3. The standard InChI is InChI=1S/3C5H9NO3S.La/c3*1-3(7)6-4(2-10)5(8)9;/h3*4,10H,2H2,1H3,(H,6,7)(H,8,9);. The maximum absolute atomic E-state index is 10.3. The van der Waals surface area contributed by atoms with Crippen LogP contribution in [0.5, 0.6) is 0 Å². The van der Waals surface area contributed by atoms with Gasteiger partial charge in [-0.05, 0) is 0 Å². The Kier molecular flexibility index (Phi) is 26.9. The van der Waals surface area contributed by atoms with E-state index in [-0.39, 0.29) is 70.6 Å². The number of carboxylic acid groups (broad SMARTS) is 3. The van der Waals surface area contributed by atoms with Crippen molar-refractivity contribution in [2.24, 2.45) is 0 Å². The van der Waals surface area contributed by atoms with E-state index in [1.165, 1.54) is 20.8 Å². The van der Waals surface area contributed by atoms with Gasteiger partial charge in [0.05, 0.1) is 0 Å². The van der Waals surface area contributed by atoms with Gasteiger partial charge < -0.3 is 31.3 Å². The van der Waals surface area contributed by atoms with Crippen molar-refractivity contribution < 1.29 is 79.7 Å². The largest absolute Gasteiger partial charge is 0.480 e. The second kappa shape index (κ2) is 22.3. The molecule has 0 aromatic rings. The van der Waals surface area contributed by atoms with E-state index in [1.807, 2.05) is 0 Å². The number of aliphatic carboxylic acids is 3. The quantitative estimate of drug-likeness (QED) is 0.137. The number of hydrogen-bond acceptors (Lipinski definition) is 9. The van der Waals surface area contributed by atoms with Gasteiger partial charge in [-0.3, -0.25) is 14.4 Å². The molecule has 0 rings (SSSR count). The molecule has 0 heterocycles. The number of nitrogens with one attached hydrogen (secondary N) is 3. The van der Waals surface area contributed by atoms with Gasteiger partial charge in [0.25, 0.3) is 0 Å². The van der Waals surface area contributed by atoms with Gasteiger partial charge in [0, 0.05) is 73.6 Å². The van der Waals surface area contributed by atoms with Crippen molar-refractivity contribution in [1.82, 2.24) is 16.0 Å². The first-order valence-electron chi connectivity index (χ1n) is 8.05. The van der Waals surface area contributed by atoms with Gasteiger partial charge in [-0.1, -0.05) is 0 Å². The normalized spacial score (nSPS) is 11.8. The summed E-state index contributed by atoms with van der Waals surface area (Å²) >= 11 is 11.2. The molecule has 0 bridgehead atoms. The van der Waals surface area contributed by atoms with Crippen LogP contribution in [0.2, 0.25) is 0 Å². The first-order chi connectivity index (χ1) is 13.7. The van der Waals surface area contributed by atoms with Gasteiger partial charge in [-0.25, -0.2) is 14.4 Å². The number of carbonyl (C=O) groups excluding carboxylic acids is 3. The molecule has 3 amide bonds. The van der Waals surface area contributed by atoms with Crippen LogP contribution in [0.4, 0.5) is 0 Å². The molecular weight excluding hydrogens is 601 g/mol. The van der Waals surface area contributed by atoms with E-state index < -0.39 is 36.0 Å². The van der Waals surface area contributed by atoms with Gasteiger partial charge in [0.2, 0.25) is 17.7 Å². The zero-order valence-electron chi connectivity index (χ0n) is 17.1. The Labute approximate surface area is 223 Å². The van der Waals surface area contributed by atoms with Gasteiger partial charge in [0.1, 0.15) is 18.1 Å². The number of amides is 3. The summed E-state index contributed by atoms with van der Waals surface area (Å²) in [5.41, 5.74) is 0. The van der Waals surface area contributed by atoms with Crippen LogP contribution < -0.4 is 16.0 Å². The van der Waals surface area contributed by atoms with Crippen LogP contribution in [-0.2, 0) is 28.8 Å². The monoisotopic (exact) mass is 628 g/mol.